The molecule has 4 aromatic carbocycles. The highest BCUT2D eigenvalue weighted by Crippen LogP contribution is 2.32. The van der Waals surface area contributed by atoms with Crippen LogP contribution in [0.3, 0.4) is 0 Å². The Bertz CT molecular complexity index is 1760. The number of fused-ring (bicyclic) bond motifs is 1. The van der Waals surface area contributed by atoms with Crippen molar-refractivity contribution in [3.8, 4) is 17.1 Å². The van der Waals surface area contributed by atoms with Crippen molar-refractivity contribution in [3.05, 3.63) is 128 Å². The summed E-state index contributed by atoms with van der Waals surface area (Å²) in [5.74, 6) is 0.504. The highest BCUT2D eigenvalue weighted by Gasteiger charge is 2.31. The highest BCUT2D eigenvalue weighted by molar-refractivity contribution is 9.10. The van der Waals surface area contributed by atoms with Crippen LogP contribution in [0.5, 0.6) is 5.75 Å². The van der Waals surface area contributed by atoms with E-state index in [-0.39, 0.29) is 16.8 Å². The fourth-order valence-corrected chi connectivity index (χ4v) is 4.47. The van der Waals surface area contributed by atoms with Gasteiger partial charge in [0.1, 0.15) is 12.4 Å². The monoisotopic (exact) mass is 591 g/mol. The molecule has 0 unspecified atom stereocenters. The van der Waals surface area contributed by atoms with E-state index in [0.29, 0.717) is 23.4 Å². The van der Waals surface area contributed by atoms with E-state index < -0.39 is 17.3 Å². The molecule has 5 nitrogen and oxygen atoms in total. The number of para-hydroxylation sites is 1. The van der Waals surface area contributed by atoms with E-state index in [2.05, 4.69) is 26.0 Å². The zero-order valence-corrected chi connectivity index (χ0v) is 22.2. The van der Waals surface area contributed by atoms with Crippen molar-refractivity contribution in [2.75, 3.05) is 0 Å². The van der Waals surface area contributed by atoms with Gasteiger partial charge in [-0.15, -0.1) is 0 Å². The largest absolute Gasteiger partial charge is 0.488 e. The zero-order valence-electron chi connectivity index (χ0n) is 20.6. The molecule has 0 radical (unpaired) electrons. The molecule has 0 bridgehead atoms. The minimum absolute atomic E-state index is 0.0155. The molecular weight excluding hydrogens is 571 g/mol. The summed E-state index contributed by atoms with van der Waals surface area (Å²) in [7, 11) is 0. The van der Waals surface area contributed by atoms with Crippen LogP contribution >= 0.6 is 15.9 Å². The van der Waals surface area contributed by atoms with Gasteiger partial charge < -0.3 is 4.74 Å². The summed E-state index contributed by atoms with van der Waals surface area (Å²) in [4.78, 5) is 18.0. The lowest BCUT2D eigenvalue weighted by atomic mass is 10.1. The number of nitrogens with zero attached hydrogens (tertiary/aromatic N) is 3. The molecule has 0 aliphatic carbocycles. The number of ether oxygens (including phenoxy) is 1. The standard InChI is InChI=1S/C30H21BrF3N3O2/c1-19-6-4-7-20(14-19)18-39-27-13-12-24(31)16-22(27)17-35-37-28(21-8-5-9-23(15-21)30(32,33)34)36-26-11-3-2-10-25(26)29(37)38/h2-17H,18H2,1H3. The quantitative estimate of drug-likeness (QED) is 0.191. The third kappa shape index (κ3) is 5.93. The van der Waals surface area contributed by atoms with Crippen molar-refractivity contribution < 1.29 is 17.9 Å². The Morgan fingerprint density at radius 2 is 1.77 bits per heavy atom. The third-order valence-corrected chi connectivity index (χ3v) is 6.46. The molecule has 5 rings (SSSR count). The van der Waals surface area contributed by atoms with Gasteiger partial charge in [0.25, 0.3) is 5.56 Å². The number of rotatable bonds is 6. The molecule has 1 heterocycles. The van der Waals surface area contributed by atoms with Gasteiger partial charge in [-0.05, 0) is 55.0 Å². The SMILES string of the molecule is Cc1cccc(COc2ccc(Br)cc2C=Nn2c(-c3cccc(C(F)(F)F)c3)nc3ccccc3c2=O)c1. The van der Waals surface area contributed by atoms with Crippen LogP contribution in [0.4, 0.5) is 13.2 Å². The number of alkyl halides is 3. The lowest BCUT2D eigenvalue weighted by molar-refractivity contribution is -0.137. The van der Waals surface area contributed by atoms with Crippen LogP contribution in [0, 0.1) is 6.92 Å². The molecule has 0 saturated heterocycles. The van der Waals surface area contributed by atoms with Crippen molar-refractivity contribution in [2.45, 2.75) is 19.7 Å². The minimum Gasteiger partial charge on any atom is -0.488 e. The van der Waals surface area contributed by atoms with Crippen LogP contribution in [0.25, 0.3) is 22.3 Å². The van der Waals surface area contributed by atoms with Gasteiger partial charge in [0.15, 0.2) is 5.82 Å². The molecule has 1 aromatic heterocycles. The summed E-state index contributed by atoms with van der Waals surface area (Å²) in [6, 6.07) is 24.6. The average molecular weight is 592 g/mol. The smallest absolute Gasteiger partial charge is 0.416 e. The number of halogens is 4. The van der Waals surface area contributed by atoms with Gasteiger partial charge in [0.2, 0.25) is 0 Å². The minimum atomic E-state index is -4.55. The summed E-state index contributed by atoms with van der Waals surface area (Å²) in [6.07, 6.45) is -3.12. The van der Waals surface area contributed by atoms with Crippen LogP contribution in [-0.2, 0) is 12.8 Å². The maximum Gasteiger partial charge on any atom is 0.416 e. The van der Waals surface area contributed by atoms with Crippen LogP contribution in [0.2, 0.25) is 0 Å². The first-order chi connectivity index (χ1) is 18.7. The third-order valence-electron chi connectivity index (χ3n) is 5.96. The average Bonchev–Trinajstić information content (AvgIpc) is 2.91. The molecule has 0 N–H and O–H groups in total. The predicted octanol–water partition coefficient (Wildman–Crippen LogP) is 7.61. The molecule has 196 valence electrons. The summed E-state index contributed by atoms with van der Waals surface area (Å²) in [5.41, 5.74) is 1.76. The van der Waals surface area contributed by atoms with Crippen molar-refractivity contribution in [1.82, 2.24) is 9.66 Å². The molecule has 0 aliphatic heterocycles. The predicted molar refractivity (Wildman–Crippen MR) is 149 cm³/mol. The van der Waals surface area contributed by atoms with E-state index in [1.807, 2.05) is 37.3 Å². The van der Waals surface area contributed by atoms with Gasteiger partial charge in [-0.2, -0.15) is 22.9 Å². The fraction of sp³-hybridized carbons (Fsp3) is 0.100. The molecule has 0 fully saturated rings. The molecule has 0 saturated carbocycles. The van der Waals surface area contributed by atoms with Gasteiger partial charge in [-0.3, -0.25) is 4.79 Å². The second-order valence-electron chi connectivity index (χ2n) is 8.85. The van der Waals surface area contributed by atoms with Gasteiger partial charge in [0.05, 0.1) is 22.7 Å². The van der Waals surface area contributed by atoms with Crippen LogP contribution in [-0.4, -0.2) is 15.9 Å². The molecule has 0 aliphatic rings. The van der Waals surface area contributed by atoms with Crippen molar-refractivity contribution in [3.63, 3.8) is 0 Å². The molecular formula is C30H21BrF3N3O2. The van der Waals surface area contributed by atoms with Crippen molar-refractivity contribution in [1.29, 1.82) is 0 Å². The summed E-state index contributed by atoms with van der Waals surface area (Å²) < 4.78 is 48.2. The molecule has 5 aromatic rings. The molecule has 0 amide bonds. The lowest BCUT2D eigenvalue weighted by Crippen LogP contribution is -2.20. The lowest BCUT2D eigenvalue weighted by Gasteiger charge is -2.13. The van der Waals surface area contributed by atoms with E-state index in [1.165, 1.54) is 18.3 Å². The molecule has 9 heteroatoms. The van der Waals surface area contributed by atoms with Crippen molar-refractivity contribution >= 4 is 33.0 Å². The highest BCUT2D eigenvalue weighted by atomic mass is 79.9. The Kier molecular flexibility index (Phi) is 7.34. The van der Waals surface area contributed by atoms with E-state index in [1.54, 1.807) is 36.4 Å². The Labute approximate surface area is 230 Å². The van der Waals surface area contributed by atoms with Crippen LogP contribution in [0.15, 0.2) is 105 Å². The molecule has 0 atom stereocenters. The second-order valence-corrected chi connectivity index (χ2v) is 9.77. The Morgan fingerprint density at radius 3 is 2.56 bits per heavy atom. The Morgan fingerprint density at radius 1 is 0.974 bits per heavy atom. The van der Waals surface area contributed by atoms with E-state index in [0.717, 1.165) is 32.4 Å². The number of hydrogen-bond acceptors (Lipinski definition) is 4. The van der Waals surface area contributed by atoms with E-state index in [4.69, 9.17) is 4.74 Å². The number of benzene rings is 4. The normalized spacial score (nSPS) is 11.8. The van der Waals surface area contributed by atoms with Gasteiger partial charge in [0, 0.05) is 15.6 Å². The summed E-state index contributed by atoms with van der Waals surface area (Å²) in [5, 5.41) is 4.69. The number of hydrogen-bond donors (Lipinski definition) is 0. The van der Waals surface area contributed by atoms with E-state index >= 15 is 0 Å². The summed E-state index contributed by atoms with van der Waals surface area (Å²) in [6.45, 7) is 2.32. The zero-order chi connectivity index (χ0) is 27.6. The van der Waals surface area contributed by atoms with Crippen molar-refractivity contribution in [2.24, 2.45) is 5.10 Å². The maximum atomic E-state index is 13.5. The second kappa shape index (κ2) is 10.9. The Balaban J connectivity index is 1.59. The van der Waals surface area contributed by atoms with Gasteiger partial charge in [-0.25, -0.2) is 4.98 Å². The topological polar surface area (TPSA) is 56.5 Å². The molecule has 39 heavy (non-hydrogen) atoms. The molecule has 0 spiro atoms. The summed E-state index contributed by atoms with van der Waals surface area (Å²) >= 11 is 3.45. The number of aromatic nitrogens is 2. The van der Waals surface area contributed by atoms with Gasteiger partial charge >= 0.3 is 6.18 Å². The van der Waals surface area contributed by atoms with E-state index in [9.17, 15) is 18.0 Å². The maximum absolute atomic E-state index is 13.5. The van der Waals surface area contributed by atoms with Crippen LogP contribution < -0.4 is 10.3 Å². The first-order valence-electron chi connectivity index (χ1n) is 11.9. The first-order valence-corrected chi connectivity index (χ1v) is 12.7. The Hall–Kier alpha value is -4.24. The van der Waals surface area contributed by atoms with Gasteiger partial charge in [-0.1, -0.05) is 70.0 Å². The van der Waals surface area contributed by atoms with Crippen LogP contribution in [0.1, 0.15) is 22.3 Å². The number of aryl methyl sites for hydroxylation is 1. The first kappa shape index (κ1) is 26.4. The fourth-order valence-electron chi connectivity index (χ4n) is 4.09.